The van der Waals surface area contributed by atoms with Crippen molar-refractivity contribution in [1.29, 1.82) is 0 Å². The molecule has 3 atom stereocenters. The standard InChI is InChI=1S/C10H25N3/c1-5-10(13(3)4)9(12)7-6-8(2)11/h8-10H,5-7,11-12H2,1-4H3. The molecule has 0 amide bonds. The summed E-state index contributed by atoms with van der Waals surface area (Å²) in [6.07, 6.45) is 3.15. The minimum atomic E-state index is 0.256. The van der Waals surface area contributed by atoms with Crippen molar-refractivity contribution >= 4 is 0 Å². The van der Waals surface area contributed by atoms with Crippen molar-refractivity contribution in [1.82, 2.24) is 4.90 Å². The summed E-state index contributed by atoms with van der Waals surface area (Å²) in [4.78, 5) is 2.20. The normalized spacial score (nSPS) is 18.7. The Morgan fingerprint density at radius 1 is 1.15 bits per heavy atom. The molecule has 0 aliphatic heterocycles. The SMILES string of the molecule is CCC(C(N)CCC(C)N)N(C)C. The van der Waals surface area contributed by atoms with Gasteiger partial charge in [0.2, 0.25) is 0 Å². The Morgan fingerprint density at radius 2 is 1.69 bits per heavy atom. The molecule has 0 bridgehead atoms. The van der Waals surface area contributed by atoms with E-state index in [1.165, 1.54) is 0 Å². The molecule has 0 aliphatic rings. The Labute approximate surface area is 82.5 Å². The van der Waals surface area contributed by atoms with Crippen molar-refractivity contribution in [3.05, 3.63) is 0 Å². The van der Waals surface area contributed by atoms with Gasteiger partial charge in [0.1, 0.15) is 0 Å². The summed E-state index contributed by atoms with van der Waals surface area (Å²) in [6, 6.07) is 1.01. The van der Waals surface area contributed by atoms with E-state index in [2.05, 4.69) is 25.9 Å². The van der Waals surface area contributed by atoms with Crippen molar-refractivity contribution in [2.45, 2.75) is 51.2 Å². The lowest BCUT2D eigenvalue weighted by Crippen LogP contribution is -2.44. The van der Waals surface area contributed by atoms with E-state index in [4.69, 9.17) is 11.5 Å². The highest BCUT2D eigenvalue weighted by molar-refractivity contribution is 4.78. The summed E-state index contributed by atoms with van der Waals surface area (Å²) in [5.74, 6) is 0. The molecule has 13 heavy (non-hydrogen) atoms. The fourth-order valence-electron chi connectivity index (χ4n) is 1.70. The molecular formula is C10H25N3. The van der Waals surface area contributed by atoms with Gasteiger partial charge in [-0.3, -0.25) is 0 Å². The maximum Gasteiger partial charge on any atom is 0.0238 e. The molecule has 4 N–H and O–H groups in total. The van der Waals surface area contributed by atoms with E-state index in [0.29, 0.717) is 6.04 Å². The van der Waals surface area contributed by atoms with E-state index in [1.54, 1.807) is 0 Å². The smallest absolute Gasteiger partial charge is 0.0238 e. The summed E-state index contributed by atoms with van der Waals surface area (Å²) in [7, 11) is 4.17. The Kier molecular flexibility index (Phi) is 6.29. The minimum Gasteiger partial charge on any atom is -0.328 e. The molecule has 0 aromatic carbocycles. The van der Waals surface area contributed by atoms with Crippen LogP contribution in [0.4, 0.5) is 0 Å². The number of nitrogens with zero attached hydrogens (tertiary/aromatic N) is 1. The van der Waals surface area contributed by atoms with Gasteiger partial charge in [-0.15, -0.1) is 0 Å². The number of nitrogens with two attached hydrogens (primary N) is 2. The maximum absolute atomic E-state index is 6.08. The van der Waals surface area contributed by atoms with Gasteiger partial charge in [0.15, 0.2) is 0 Å². The van der Waals surface area contributed by atoms with E-state index >= 15 is 0 Å². The predicted octanol–water partition coefficient (Wildman–Crippen LogP) is 0.781. The minimum absolute atomic E-state index is 0.256. The highest BCUT2D eigenvalue weighted by Gasteiger charge is 2.17. The molecule has 0 aromatic heterocycles. The molecule has 0 fully saturated rings. The average Bonchev–Trinajstić information content (AvgIpc) is 2.01. The number of hydrogen-bond donors (Lipinski definition) is 2. The lowest BCUT2D eigenvalue weighted by molar-refractivity contribution is 0.236. The molecular weight excluding hydrogens is 162 g/mol. The zero-order chi connectivity index (χ0) is 10.4. The highest BCUT2D eigenvalue weighted by Crippen LogP contribution is 2.09. The van der Waals surface area contributed by atoms with Gasteiger partial charge < -0.3 is 16.4 Å². The average molecular weight is 187 g/mol. The van der Waals surface area contributed by atoms with Crippen LogP contribution in [0.5, 0.6) is 0 Å². The zero-order valence-corrected chi connectivity index (χ0v) is 9.46. The second-order valence-electron chi connectivity index (χ2n) is 4.16. The van der Waals surface area contributed by atoms with Crippen LogP contribution in [0.2, 0.25) is 0 Å². The van der Waals surface area contributed by atoms with Crippen molar-refractivity contribution in [3.8, 4) is 0 Å². The second-order valence-corrected chi connectivity index (χ2v) is 4.16. The summed E-state index contributed by atoms with van der Waals surface area (Å²) in [5, 5.41) is 0. The van der Waals surface area contributed by atoms with Gasteiger partial charge in [0, 0.05) is 18.1 Å². The summed E-state index contributed by atoms with van der Waals surface area (Å²) >= 11 is 0. The quantitative estimate of drug-likeness (QED) is 0.646. The largest absolute Gasteiger partial charge is 0.328 e. The van der Waals surface area contributed by atoms with Gasteiger partial charge in [-0.05, 0) is 40.3 Å². The van der Waals surface area contributed by atoms with Gasteiger partial charge in [0.25, 0.3) is 0 Å². The summed E-state index contributed by atoms with van der Waals surface area (Å²) < 4.78 is 0. The second kappa shape index (κ2) is 6.35. The van der Waals surface area contributed by atoms with E-state index < -0.39 is 0 Å². The fraction of sp³-hybridized carbons (Fsp3) is 1.00. The third-order valence-corrected chi connectivity index (χ3v) is 2.53. The van der Waals surface area contributed by atoms with Crippen LogP contribution in [-0.4, -0.2) is 37.1 Å². The molecule has 0 aliphatic carbocycles. The topological polar surface area (TPSA) is 55.3 Å². The van der Waals surface area contributed by atoms with E-state index in [9.17, 15) is 0 Å². The van der Waals surface area contributed by atoms with Crippen LogP contribution in [0.3, 0.4) is 0 Å². The summed E-state index contributed by atoms with van der Waals surface area (Å²) in [5.41, 5.74) is 11.8. The molecule has 3 nitrogen and oxygen atoms in total. The van der Waals surface area contributed by atoms with Crippen LogP contribution in [0.1, 0.15) is 33.1 Å². The van der Waals surface area contributed by atoms with Crippen molar-refractivity contribution in [2.75, 3.05) is 14.1 Å². The van der Waals surface area contributed by atoms with Crippen LogP contribution < -0.4 is 11.5 Å². The predicted molar refractivity (Wildman–Crippen MR) is 58.6 cm³/mol. The molecule has 0 spiro atoms. The van der Waals surface area contributed by atoms with Crippen LogP contribution in [0.15, 0.2) is 0 Å². The van der Waals surface area contributed by atoms with Crippen LogP contribution >= 0.6 is 0 Å². The number of likely N-dealkylation sites (N-methyl/N-ethyl adjacent to an activating group) is 1. The lowest BCUT2D eigenvalue weighted by Gasteiger charge is -2.29. The van der Waals surface area contributed by atoms with Crippen molar-refractivity contribution in [2.24, 2.45) is 11.5 Å². The van der Waals surface area contributed by atoms with E-state index in [1.807, 2.05) is 6.92 Å². The Balaban J connectivity index is 3.84. The third-order valence-electron chi connectivity index (χ3n) is 2.53. The maximum atomic E-state index is 6.08. The van der Waals surface area contributed by atoms with Gasteiger partial charge in [0.05, 0.1) is 0 Å². The van der Waals surface area contributed by atoms with E-state index in [-0.39, 0.29) is 12.1 Å². The Morgan fingerprint density at radius 3 is 2.00 bits per heavy atom. The highest BCUT2D eigenvalue weighted by atomic mass is 15.1. The van der Waals surface area contributed by atoms with Crippen LogP contribution in [0, 0.1) is 0 Å². The van der Waals surface area contributed by atoms with Gasteiger partial charge >= 0.3 is 0 Å². The Bertz CT molecular complexity index is 123. The molecule has 0 aromatic rings. The third kappa shape index (κ3) is 5.24. The summed E-state index contributed by atoms with van der Waals surface area (Å²) in [6.45, 7) is 4.21. The molecule has 0 radical (unpaired) electrons. The van der Waals surface area contributed by atoms with E-state index in [0.717, 1.165) is 19.3 Å². The zero-order valence-electron chi connectivity index (χ0n) is 9.46. The number of hydrogen-bond acceptors (Lipinski definition) is 3. The van der Waals surface area contributed by atoms with Gasteiger partial charge in [-0.2, -0.15) is 0 Å². The van der Waals surface area contributed by atoms with Crippen molar-refractivity contribution in [3.63, 3.8) is 0 Å². The number of rotatable bonds is 6. The van der Waals surface area contributed by atoms with Crippen molar-refractivity contribution < 1.29 is 0 Å². The van der Waals surface area contributed by atoms with Crippen LogP contribution in [0.25, 0.3) is 0 Å². The lowest BCUT2D eigenvalue weighted by atomic mass is 9.99. The molecule has 0 rings (SSSR count). The first-order chi connectivity index (χ1) is 5.99. The van der Waals surface area contributed by atoms with Gasteiger partial charge in [-0.25, -0.2) is 0 Å². The first-order valence-electron chi connectivity index (χ1n) is 5.16. The fourth-order valence-corrected chi connectivity index (χ4v) is 1.70. The first-order valence-corrected chi connectivity index (χ1v) is 5.16. The molecule has 0 heterocycles. The molecule has 3 unspecified atom stereocenters. The monoisotopic (exact) mass is 187 g/mol. The molecule has 0 saturated carbocycles. The molecule has 80 valence electrons. The first kappa shape index (κ1) is 12.9. The van der Waals surface area contributed by atoms with Crippen LogP contribution in [-0.2, 0) is 0 Å². The molecule has 3 heteroatoms. The van der Waals surface area contributed by atoms with Gasteiger partial charge in [-0.1, -0.05) is 6.92 Å². The Hall–Kier alpha value is -0.120. The molecule has 0 saturated heterocycles.